The van der Waals surface area contributed by atoms with Crippen LogP contribution in [-0.4, -0.2) is 6.54 Å². The van der Waals surface area contributed by atoms with E-state index in [1.54, 1.807) is 0 Å². The molecule has 1 aliphatic heterocycles. The summed E-state index contributed by atoms with van der Waals surface area (Å²) in [7, 11) is 0. The third kappa shape index (κ3) is 7.71. The normalized spacial score (nSPS) is 16.4. The lowest BCUT2D eigenvalue weighted by Gasteiger charge is -2.20. The Labute approximate surface area is 292 Å². The first-order chi connectivity index (χ1) is 21.8. The average Bonchev–Trinajstić information content (AvgIpc) is 3.63. The molecule has 0 radical (unpaired) electrons. The van der Waals surface area contributed by atoms with Crippen molar-refractivity contribution in [3.63, 3.8) is 0 Å². The maximum Gasteiger partial charge on any atom is 0.262 e. The maximum atomic E-state index is 2.49. The highest BCUT2D eigenvalue weighted by Gasteiger charge is 2.24. The second kappa shape index (κ2) is 15.3. The molecule has 0 fully saturated rings. The van der Waals surface area contributed by atoms with Gasteiger partial charge in [0.2, 0.25) is 5.52 Å². The molecule has 45 heavy (non-hydrogen) atoms. The number of anilines is 1. The Kier molecular flexibility index (Phi) is 10.7. The molecule has 0 spiro atoms. The van der Waals surface area contributed by atoms with E-state index in [0.29, 0.717) is 0 Å². The molecule has 5 aromatic rings. The first-order valence-electron chi connectivity index (χ1n) is 15.6. The number of thiazole rings is 1. The largest absolute Gasteiger partial charge is 1.00 e. The molecule has 2 nitrogen and oxygen atoms in total. The SMILES string of the molecule is C1=C(/C=C/c2sc3ccccc3[n+]2CCc2ccccc2)CCC/C1=C\C=C1/Sc2ccccc2N1CCc1ccccc1.[I-]. The number of para-hydroxylation sites is 2. The number of halogens is 1. The van der Waals surface area contributed by atoms with Crippen LogP contribution in [-0.2, 0) is 19.4 Å². The van der Waals surface area contributed by atoms with Gasteiger partial charge in [0.05, 0.1) is 10.7 Å². The van der Waals surface area contributed by atoms with Gasteiger partial charge < -0.3 is 28.9 Å². The highest BCUT2D eigenvalue weighted by Crippen LogP contribution is 2.46. The van der Waals surface area contributed by atoms with E-state index in [1.165, 1.54) is 59.5 Å². The highest BCUT2D eigenvalue weighted by molar-refractivity contribution is 8.03. The molecule has 7 rings (SSSR count). The summed E-state index contributed by atoms with van der Waals surface area (Å²) in [6, 6.07) is 39.2. The van der Waals surface area contributed by atoms with Gasteiger partial charge >= 0.3 is 0 Å². The number of hydrogen-bond donors (Lipinski definition) is 0. The van der Waals surface area contributed by atoms with Crippen molar-refractivity contribution in [2.45, 2.75) is 43.5 Å². The molecule has 4 aromatic carbocycles. The fourth-order valence-corrected chi connectivity index (χ4v) is 8.27. The van der Waals surface area contributed by atoms with Crippen LogP contribution >= 0.6 is 23.1 Å². The molecule has 1 aromatic heterocycles. The zero-order valence-electron chi connectivity index (χ0n) is 25.3. The van der Waals surface area contributed by atoms with Gasteiger partial charge in [0.15, 0.2) is 6.54 Å². The van der Waals surface area contributed by atoms with Crippen molar-refractivity contribution in [3.05, 3.63) is 166 Å². The Bertz CT molecular complexity index is 1870. The van der Waals surface area contributed by atoms with Gasteiger partial charge in [-0.2, -0.15) is 4.57 Å². The van der Waals surface area contributed by atoms with Gasteiger partial charge in [-0.15, -0.1) is 0 Å². The first-order valence-corrected chi connectivity index (χ1v) is 17.3. The zero-order valence-corrected chi connectivity index (χ0v) is 29.1. The molecule has 1 aliphatic carbocycles. The van der Waals surface area contributed by atoms with Gasteiger partial charge in [-0.3, -0.25) is 0 Å². The van der Waals surface area contributed by atoms with E-state index in [2.05, 4.69) is 149 Å². The van der Waals surface area contributed by atoms with Crippen LogP contribution in [0.25, 0.3) is 16.3 Å². The summed E-state index contributed by atoms with van der Waals surface area (Å²) in [5, 5.41) is 2.63. The smallest absolute Gasteiger partial charge is 0.262 e. The average molecular weight is 737 g/mol. The molecule has 2 aliphatic rings. The summed E-state index contributed by atoms with van der Waals surface area (Å²) in [5.74, 6) is 0. The number of rotatable bonds is 9. The van der Waals surface area contributed by atoms with Crippen LogP contribution < -0.4 is 33.4 Å². The van der Waals surface area contributed by atoms with Crippen molar-refractivity contribution in [1.29, 1.82) is 0 Å². The van der Waals surface area contributed by atoms with E-state index in [1.807, 2.05) is 23.1 Å². The van der Waals surface area contributed by atoms with E-state index < -0.39 is 0 Å². The molecule has 0 saturated heterocycles. The van der Waals surface area contributed by atoms with Crippen molar-refractivity contribution < 1.29 is 28.5 Å². The lowest BCUT2D eigenvalue weighted by molar-refractivity contribution is -0.668. The minimum atomic E-state index is 0. The summed E-state index contributed by atoms with van der Waals surface area (Å²) in [6.45, 7) is 1.96. The van der Waals surface area contributed by atoms with E-state index in [0.717, 1.165) is 38.8 Å². The molecule has 226 valence electrons. The number of hydrogen-bond acceptors (Lipinski definition) is 3. The number of thioether (sulfide) groups is 1. The Hall–Kier alpha value is -3.39. The molecular weight excluding hydrogens is 699 g/mol. The lowest BCUT2D eigenvalue weighted by atomic mass is 9.94. The topological polar surface area (TPSA) is 7.12 Å². The molecule has 0 N–H and O–H groups in total. The van der Waals surface area contributed by atoms with Crippen LogP contribution in [0, 0.1) is 0 Å². The van der Waals surface area contributed by atoms with Crippen molar-refractivity contribution in [1.82, 2.24) is 0 Å². The number of allylic oxidation sites excluding steroid dienone is 6. The number of nitrogens with zero attached hydrogens (tertiary/aromatic N) is 2. The van der Waals surface area contributed by atoms with Crippen molar-refractivity contribution in [2.75, 3.05) is 11.4 Å². The third-order valence-electron chi connectivity index (χ3n) is 8.39. The molecule has 0 bridgehead atoms. The number of aromatic nitrogens is 1. The summed E-state index contributed by atoms with van der Waals surface area (Å²) < 4.78 is 3.84. The monoisotopic (exact) mass is 736 g/mol. The van der Waals surface area contributed by atoms with Gasteiger partial charge in [-0.25, -0.2) is 0 Å². The van der Waals surface area contributed by atoms with E-state index in [4.69, 9.17) is 0 Å². The summed E-state index contributed by atoms with van der Waals surface area (Å²) >= 11 is 3.78. The fourth-order valence-electron chi connectivity index (χ4n) is 6.08. The molecular formula is C40H37IN2S2. The Morgan fingerprint density at radius 2 is 1.42 bits per heavy atom. The summed E-state index contributed by atoms with van der Waals surface area (Å²) in [6.07, 6.45) is 17.3. The molecule has 0 amide bonds. The van der Waals surface area contributed by atoms with Crippen LogP contribution in [0.15, 0.2) is 155 Å². The van der Waals surface area contributed by atoms with Gasteiger partial charge in [-0.05, 0) is 72.2 Å². The van der Waals surface area contributed by atoms with E-state index in [-0.39, 0.29) is 24.0 Å². The van der Waals surface area contributed by atoms with Crippen LogP contribution in [0.4, 0.5) is 5.69 Å². The second-order valence-corrected chi connectivity index (χ2v) is 13.5. The van der Waals surface area contributed by atoms with Crippen LogP contribution in [0.5, 0.6) is 0 Å². The van der Waals surface area contributed by atoms with E-state index in [9.17, 15) is 0 Å². The molecule has 2 heterocycles. The summed E-state index contributed by atoms with van der Waals surface area (Å²) in [5.41, 5.74) is 8.24. The minimum absolute atomic E-state index is 0. The highest BCUT2D eigenvalue weighted by atomic mass is 127. The van der Waals surface area contributed by atoms with Crippen LogP contribution in [0.2, 0.25) is 0 Å². The minimum Gasteiger partial charge on any atom is -1.00 e. The molecule has 0 unspecified atom stereocenters. The fraction of sp³-hybridized carbons (Fsp3) is 0.175. The first kappa shape index (κ1) is 31.6. The van der Waals surface area contributed by atoms with Crippen molar-refractivity contribution in [2.24, 2.45) is 0 Å². The number of aryl methyl sites for hydroxylation is 2. The second-order valence-electron chi connectivity index (χ2n) is 11.4. The standard InChI is InChI=1S/C40H37N2S2.HI/c1-3-12-31(13-4-1)26-28-41-35-18-7-9-20-37(35)43-39(41)24-22-33-16-11-17-34(30-33)23-25-40-42(29-27-32-14-5-2-6-15-32)36-19-8-10-21-38(36)44-40;/h1-10,12-15,18-25,30H,11,16-17,26-29H2;1H/q+1;/p-1. The molecule has 0 atom stereocenters. The number of benzene rings is 4. The van der Waals surface area contributed by atoms with Crippen LogP contribution in [0.1, 0.15) is 35.4 Å². The van der Waals surface area contributed by atoms with Gasteiger partial charge in [0, 0.05) is 30.0 Å². The zero-order chi connectivity index (χ0) is 29.6. The van der Waals surface area contributed by atoms with E-state index >= 15 is 0 Å². The summed E-state index contributed by atoms with van der Waals surface area (Å²) in [4.78, 5) is 3.84. The Morgan fingerprint density at radius 1 is 0.711 bits per heavy atom. The van der Waals surface area contributed by atoms with Crippen LogP contribution in [0.3, 0.4) is 0 Å². The van der Waals surface area contributed by atoms with Crippen molar-refractivity contribution in [3.8, 4) is 0 Å². The van der Waals surface area contributed by atoms with Gasteiger partial charge in [-0.1, -0.05) is 126 Å². The van der Waals surface area contributed by atoms with Gasteiger partial charge in [0.1, 0.15) is 4.70 Å². The Morgan fingerprint density at radius 3 is 2.24 bits per heavy atom. The van der Waals surface area contributed by atoms with Gasteiger partial charge in [0.25, 0.3) is 5.01 Å². The third-order valence-corrected chi connectivity index (χ3v) is 10.7. The maximum absolute atomic E-state index is 2.49. The van der Waals surface area contributed by atoms with Crippen molar-refractivity contribution >= 4 is 45.1 Å². The molecule has 5 heteroatoms. The number of fused-ring (bicyclic) bond motifs is 2. The quantitative estimate of drug-likeness (QED) is 0.117. The predicted molar refractivity (Wildman–Crippen MR) is 189 cm³/mol. The lowest BCUT2D eigenvalue weighted by Crippen LogP contribution is -3.00. The predicted octanol–water partition coefficient (Wildman–Crippen LogP) is 7.18. The Balaban J connectivity index is 0.00000357. The molecule has 0 saturated carbocycles.